The molecule has 152 valence electrons. The molecule has 1 aromatic carbocycles. The Balaban J connectivity index is 1.55. The number of likely N-dealkylation sites (tertiary alicyclic amines) is 1. The molecule has 1 atom stereocenters. The van der Waals surface area contributed by atoms with E-state index in [4.69, 9.17) is 11.6 Å². The fraction of sp³-hybridized carbons (Fsp3) is 0.619. The quantitative estimate of drug-likeness (QED) is 0.817. The number of piperazine rings is 1. The van der Waals surface area contributed by atoms with Crippen molar-refractivity contribution in [2.45, 2.75) is 38.1 Å². The number of carbonyl (C=O) groups is 2. The molecule has 0 aliphatic carbocycles. The molecule has 2 fully saturated rings. The second kappa shape index (κ2) is 7.65. The molecule has 0 unspecified atom stereocenters. The Kier molecular flexibility index (Phi) is 5.38. The Hall–Kier alpha value is -1.63. The molecule has 2 saturated heterocycles. The van der Waals surface area contributed by atoms with E-state index in [-0.39, 0.29) is 17.2 Å². The number of carbonyl (C=O) groups excluding carboxylic acids is 2. The third-order valence-corrected chi connectivity index (χ3v) is 6.80. The van der Waals surface area contributed by atoms with E-state index in [9.17, 15) is 9.59 Å². The van der Waals surface area contributed by atoms with E-state index in [1.807, 2.05) is 21.9 Å². The van der Waals surface area contributed by atoms with Crippen molar-refractivity contribution in [3.8, 4) is 0 Å². The molecular weight excluding hydrogens is 376 g/mol. The van der Waals surface area contributed by atoms with Gasteiger partial charge in [0.25, 0.3) is 0 Å². The van der Waals surface area contributed by atoms with Crippen molar-refractivity contribution in [2.75, 3.05) is 50.7 Å². The first-order valence-electron chi connectivity index (χ1n) is 10.2. The average molecular weight is 405 g/mol. The van der Waals surface area contributed by atoms with Gasteiger partial charge in [0, 0.05) is 68.4 Å². The molecule has 6 nitrogen and oxygen atoms in total. The second-order valence-corrected chi connectivity index (χ2v) is 8.95. The molecule has 0 aromatic heterocycles. The van der Waals surface area contributed by atoms with Crippen LogP contribution in [0.3, 0.4) is 0 Å². The van der Waals surface area contributed by atoms with Gasteiger partial charge in [-0.3, -0.25) is 14.5 Å². The second-order valence-electron chi connectivity index (χ2n) is 8.52. The summed E-state index contributed by atoms with van der Waals surface area (Å²) < 4.78 is 0. The topological polar surface area (TPSA) is 55.9 Å². The SMILES string of the molecule is CC(=O)N1CCC2(CC1)CN(C(=O)CN1CCN[C@H](C)C1)c1cc(Cl)ccc12. The van der Waals surface area contributed by atoms with E-state index in [0.717, 1.165) is 51.3 Å². The molecule has 3 aliphatic rings. The van der Waals surface area contributed by atoms with Crippen molar-refractivity contribution in [1.82, 2.24) is 15.1 Å². The Morgan fingerprint density at radius 3 is 2.68 bits per heavy atom. The summed E-state index contributed by atoms with van der Waals surface area (Å²) in [4.78, 5) is 31.1. The summed E-state index contributed by atoms with van der Waals surface area (Å²) >= 11 is 6.29. The van der Waals surface area contributed by atoms with Gasteiger partial charge in [-0.05, 0) is 37.5 Å². The summed E-state index contributed by atoms with van der Waals surface area (Å²) in [6, 6.07) is 6.35. The summed E-state index contributed by atoms with van der Waals surface area (Å²) in [7, 11) is 0. The third-order valence-electron chi connectivity index (χ3n) is 6.56. The minimum atomic E-state index is -0.0712. The van der Waals surface area contributed by atoms with E-state index in [0.29, 0.717) is 24.2 Å². The van der Waals surface area contributed by atoms with Crippen LogP contribution in [-0.4, -0.2) is 73.5 Å². The minimum Gasteiger partial charge on any atom is -0.343 e. The highest BCUT2D eigenvalue weighted by molar-refractivity contribution is 6.31. The van der Waals surface area contributed by atoms with Gasteiger partial charge in [-0.25, -0.2) is 0 Å². The van der Waals surface area contributed by atoms with Gasteiger partial charge in [0.05, 0.1) is 6.54 Å². The number of amides is 2. The van der Waals surface area contributed by atoms with Crippen LogP contribution in [0.15, 0.2) is 18.2 Å². The summed E-state index contributed by atoms with van der Waals surface area (Å²) in [5.41, 5.74) is 2.09. The first kappa shape index (κ1) is 19.7. The van der Waals surface area contributed by atoms with Crippen molar-refractivity contribution in [1.29, 1.82) is 0 Å². The molecule has 0 radical (unpaired) electrons. The number of nitrogens with one attached hydrogen (secondary N) is 1. The lowest BCUT2D eigenvalue weighted by Crippen LogP contribution is -2.53. The number of benzene rings is 1. The highest BCUT2D eigenvalue weighted by atomic mass is 35.5. The van der Waals surface area contributed by atoms with Crippen molar-refractivity contribution >= 4 is 29.1 Å². The lowest BCUT2D eigenvalue weighted by Gasteiger charge is -2.39. The predicted molar refractivity (Wildman–Crippen MR) is 111 cm³/mol. The van der Waals surface area contributed by atoms with Crippen molar-refractivity contribution < 1.29 is 9.59 Å². The largest absolute Gasteiger partial charge is 0.343 e. The number of rotatable bonds is 2. The monoisotopic (exact) mass is 404 g/mol. The molecule has 3 heterocycles. The maximum Gasteiger partial charge on any atom is 0.241 e. The van der Waals surface area contributed by atoms with Crippen LogP contribution in [-0.2, 0) is 15.0 Å². The Bertz CT molecular complexity index is 776. The summed E-state index contributed by atoms with van der Waals surface area (Å²) in [5.74, 6) is 0.272. The molecule has 0 saturated carbocycles. The molecule has 2 amide bonds. The fourth-order valence-corrected chi connectivity index (χ4v) is 5.15. The first-order valence-corrected chi connectivity index (χ1v) is 10.6. The Labute approximate surface area is 171 Å². The maximum atomic E-state index is 13.2. The predicted octanol–water partition coefficient (Wildman–Crippen LogP) is 1.86. The lowest BCUT2D eigenvalue weighted by molar-refractivity contribution is -0.130. The molecule has 0 bridgehead atoms. The first-order chi connectivity index (χ1) is 13.4. The molecule has 4 rings (SSSR count). The Morgan fingerprint density at radius 1 is 1.25 bits per heavy atom. The van der Waals surface area contributed by atoms with Gasteiger partial charge < -0.3 is 15.1 Å². The maximum absolute atomic E-state index is 13.2. The molecule has 3 aliphatic heterocycles. The summed E-state index contributed by atoms with van der Waals surface area (Å²) in [5, 5.41) is 4.08. The number of fused-ring (bicyclic) bond motifs is 2. The van der Waals surface area contributed by atoms with Crippen LogP contribution in [0.2, 0.25) is 5.02 Å². The van der Waals surface area contributed by atoms with Gasteiger partial charge >= 0.3 is 0 Å². The summed E-state index contributed by atoms with van der Waals surface area (Å²) in [6.07, 6.45) is 1.77. The van der Waals surface area contributed by atoms with Crippen molar-refractivity contribution in [3.63, 3.8) is 0 Å². The standard InChI is InChI=1S/C21H29ClN4O2/c1-15-12-24(10-7-23-15)13-20(28)26-14-21(5-8-25(9-6-21)16(2)27)18-4-3-17(22)11-19(18)26/h3-4,11,15,23H,5-10,12-14H2,1-2H3/t15-/m1/s1. The Morgan fingerprint density at radius 2 is 2.00 bits per heavy atom. The van der Waals surface area contributed by atoms with E-state index in [2.05, 4.69) is 23.2 Å². The van der Waals surface area contributed by atoms with Crippen molar-refractivity contribution in [2.24, 2.45) is 0 Å². The minimum absolute atomic E-state index is 0.0712. The number of hydrogen-bond acceptors (Lipinski definition) is 4. The van der Waals surface area contributed by atoms with Gasteiger partial charge in [-0.1, -0.05) is 17.7 Å². The summed E-state index contributed by atoms with van der Waals surface area (Å²) in [6.45, 7) is 9.10. The van der Waals surface area contributed by atoms with Gasteiger partial charge in [0.2, 0.25) is 11.8 Å². The van der Waals surface area contributed by atoms with Crippen molar-refractivity contribution in [3.05, 3.63) is 28.8 Å². The number of anilines is 1. The van der Waals surface area contributed by atoms with Gasteiger partial charge in [-0.2, -0.15) is 0 Å². The normalized spacial score (nSPS) is 24.5. The van der Waals surface area contributed by atoms with Gasteiger partial charge in [-0.15, -0.1) is 0 Å². The van der Waals surface area contributed by atoms with Gasteiger partial charge in [0.15, 0.2) is 0 Å². The highest BCUT2D eigenvalue weighted by Gasteiger charge is 2.46. The zero-order chi connectivity index (χ0) is 19.9. The van der Waals surface area contributed by atoms with Crippen LogP contribution < -0.4 is 10.2 Å². The number of halogens is 1. The van der Waals surface area contributed by atoms with Crippen LogP contribution >= 0.6 is 11.6 Å². The molecule has 1 spiro atoms. The van der Waals surface area contributed by atoms with Crippen LogP contribution in [0.5, 0.6) is 0 Å². The molecule has 1 aromatic rings. The fourth-order valence-electron chi connectivity index (χ4n) is 4.98. The highest BCUT2D eigenvalue weighted by Crippen LogP contribution is 2.47. The van der Waals surface area contributed by atoms with Crippen LogP contribution in [0.1, 0.15) is 32.3 Å². The van der Waals surface area contributed by atoms with E-state index in [1.54, 1.807) is 6.92 Å². The van der Waals surface area contributed by atoms with Crippen LogP contribution in [0.25, 0.3) is 0 Å². The van der Waals surface area contributed by atoms with E-state index >= 15 is 0 Å². The van der Waals surface area contributed by atoms with E-state index in [1.165, 1.54) is 5.56 Å². The number of hydrogen-bond donors (Lipinski definition) is 1. The van der Waals surface area contributed by atoms with Crippen LogP contribution in [0, 0.1) is 0 Å². The number of nitrogens with zero attached hydrogens (tertiary/aromatic N) is 3. The molecule has 7 heteroatoms. The lowest BCUT2D eigenvalue weighted by atomic mass is 9.74. The molecule has 1 N–H and O–H groups in total. The average Bonchev–Trinajstić information content (AvgIpc) is 2.95. The number of piperidine rings is 1. The van der Waals surface area contributed by atoms with E-state index < -0.39 is 0 Å². The zero-order valence-electron chi connectivity index (χ0n) is 16.7. The molecular formula is C21H29ClN4O2. The third kappa shape index (κ3) is 3.65. The van der Waals surface area contributed by atoms with Gasteiger partial charge in [0.1, 0.15) is 0 Å². The van der Waals surface area contributed by atoms with Crippen LogP contribution in [0.4, 0.5) is 5.69 Å². The smallest absolute Gasteiger partial charge is 0.241 e. The molecule has 28 heavy (non-hydrogen) atoms. The zero-order valence-corrected chi connectivity index (χ0v) is 17.5.